The number of benzene rings is 2. The van der Waals surface area contributed by atoms with Gasteiger partial charge >= 0.3 is 0 Å². The molecule has 30 heavy (non-hydrogen) atoms. The summed E-state index contributed by atoms with van der Waals surface area (Å²) in [6.45, 7) is 2.06. The van der Waals surface area contributed by atoms with Crippen LogP contribution in [0.3, 0.4) is 0 Å². The molecule has 0 fully saturated rings. The van der Waals surface area contributed by atoms with E-state index < -0.39 is 0 Å². The Morgan fingerprint density at radius 2 is 1.70 bits per heavy atom. The highest BCUT2D eigenvalue weighted by atomic mass is 32.2. The molecule has 0 saturated heterocycles. The maximum Gasteiger partial charge on any atom is 0.243 e. The SMILES string of the molecule is COc1cccc(CSc2ccc3nc(-c4ccc(C)cc4)c(OC)n3n2)c1OC. The van der Waals surface area contributed by atoms with E-state index in [1.165, 1.54) is 5.56 Å². The summed E-state index contributed by atoms with van der Waals surface area (Å²) in [5.74, 6) is 2.78. The van der Waals surface area contributed by atoms with Crippen molar-refractivity contribution in [3.63, 3.8) is 0 Å². The lowest BCUT2D eigenvalue weighted by atomic mass is 10.1. The third-order valence-electron chi connectivity index (χ3n) is 4.79. The Bertz CT molecular complexity index is 1170. The Hall–Kier alpha value is -3.19. The summed E-state index contributed by atoms with van der Waals surface area (Å²) in [7, 11) is 4.93. The maximum atomic E-state index is 5.66. The van der Waals surface area contributed by atoms with E-state index in [4.69, 9.17) is 24.3 Å². The van der Waals surface area contributed by atoms with Gasteiger partial charge in [0.05, 0.1) is 21.3 Å². The fourth-order valence-corrected chi connectivity index (χ4v) is 4.11. The van der Waals surface area contributed by atoms with Gasteiger partial charge in [-0.05, 0) is 25.1 Å². The molecule has 0 aliphatic rings. The zero-order valence-corrected chi connectivity index (χ0v) is 18.2. The van der Waals surface area contributed by atoms with Crippen molar-refractivity contribution >= 4 is 17.4 Å². The lowest BCUT2D eigenvalue weighted by Crippen LogP contribution is -1.98. The molecular formula is C23H23N3O3S. The molecule has 0 radical (unpaired) electrons. The summed E-state index contributed by atoms with van der Waals surface area (Å²) in [6.07, 6.45) is 0. The predicted molar refractivity (Wildman–Crippen MR) is 119 cm³/mol. The number of ether oxygens (including phenoxy) is 3. The smallest absolute Gasteiger partial charge is 0.243 e. The van der Waals surface area contributed by atoms with Crippen LogP contribution in [0.4, 0.5) is 0 Å². The first kappa shape index (κ1) is 20.1. The number of imidazole rings is 1. The molecule has 0 saturated carbocycles. The standard InChI is InChI=1S/C23H23N3O3S/c1-15-8-10-16(11-9-15)21-23(29-4)26-19(24-21)12-13-20(25-26)30-14-17-6-5-7-18(27-2)22(17)28-3/h5-13H,14H2,1-4H3. The van der Waals surface area contributed by atoms with Gasteiger partial charge in [-0.1, -0.05) is 53.7 Å². The van der Waals surface area contributed by atoms with Crippen molar-refractivity contribution in [2.45, 2.75) is 17.7 Å². The van der Waals surface area contributed by atoms with Gasteiger partial charge < -0.3 is 14.2 Å². The minimum absolute atomic E-state index is 0.621. The van der Waals surface area contributed by atoms with Crippen LogP contribution in [0.1, 0.15) is 11.1 Å². The van der Waals surface area contributed by atoms with Crippen LogP contribution in [-0.4, -0.2) is 35.9 Å². The van der Waals surface area contributed by atoms with Crippen LogP contribution in [0.15, 0.2) is 59.6 Å². The molecular weight excluding hydrogens is 398 g/mol. The van der Waals surface area contributed by atoms with Crippen molar-refractivity contribution < 1.29 is 14.2 Å². The molecule has 2 aromatic carbocycles. The summed E-state index contributed by atoms with van der Waals surface area (Å²) < 4.78 is 18.3. The lowest BCUT2D eigenvalue weighted by molar-refractivity contribution is 0.352. The van der Waals surface area contributed by atoms with E-state index in [0.717, 1.165) is 39.0 Å². The maximum absolute atomic E-state index is 5.66. The average Bonchev–Trinajstić information content (AvgIpc) is 3.15. The largest absolute Gasteiger partial charge is 0.493 e. The minimum atomic E-state index is 0.621. The van der Waals surface area contributed by atoms with Gasteiger partial charge in [-0.2, -0.15) is 9.61 Å². The van der Waals surface area contributed by atoms with Crippen molar-refractivity contribution in [1.82, 2.24) is 14.6 Å². The van der Waals surface area contributed by atoms with Crippen LogP contribution >= 0.6 is 11.8 Å². The quantitative estimate of drug-likeness (QED) is 0.391. The van der Waals surface area contributed by atoms with Crippen LogP contribution in [0, 0.1) is 6.92 Å². The molecule has 0 aliphatic heterocycles. The second-order valence-electron chi connectivity index (χ2n) is 6.72. The van der Waals surface area contributed by atoms with Gasteiger partial charge in [0.15, 0.2) is 17.1 Å². The van der Waals surface area contributed by atoms with Gasteiger partial charge in [0, 0.05) is 16.9 Å². The number of aromatic nitrogens is 3. The summed E-state index contributed by atoms with van der Waals surface area (Å²) >= 11 is 1.61. The van der Waals surface area contributed by atoms with E-state index >= 15 is 0 Å². The van der Waals surface area contributed by atoms with Gasteiger partial charge in [-0.15, -0.1) is 0 Å². The molecule has 7 heteroatoms. The van der Waals surface area contributed by atoms with Crippen LogP contribution in [0.25, 0.3) is 16.9 Å². The first-order valence-electron chi connectivity index (χ1n) is 9.48. The fourth-order valence-electron chi connectivity index (χ4n) is 3.27. The number of hydrogen-bond acceptors (Lipinski definition) is 6. The summed E-state index contributed by atoms with van der Waals surface area (Å²) in [5.41, 5.74) is 4.76. The molecule has 2 heterocycles. The van der Waals surface area contributed by atoms with Gasteiger partial charge in [0.25, 0.3) is 0 Å². The third kappa shape index (κ3) is 3.80. The van der Waals surface area contributed by atoms with Crippen molar-refractivity contribution in [3.05, 3.63) is 65.7 Å². The Balaban J connectivity index is 1.65. The zero-order chi connectivity index (χ0) is 21.1. The molecule has 0 spiro atoms. The van der Waals surface area contributed by atoms with Crippen molar-refractivity contribution in [2.75, 3.05) is 21.3 Å². The van der Waals surface area contributed by atoms with Crippen LogP contribution < -0.4 is 14.2 Å². The number of para-hydroxylation sites is 1. The molecule has 6 nitrogen and oxygen atoms in total. The Kier molecular flexibility index (Phi) is 5.81. The van der Waals surface area contributed by atoms with E-state index in [1.807, 2.05) is 42.5 Å². The normalized spacial score (nSPS) is 10.9. The predicted octanol–water partition coefficient (Wildman–Crippen LogP) is 5.02. The van der Waals surface area contributed by atoms with Crippen molar-refractivity contribution in [3.8, 4) is 28.6 Å². The van der Waals surface area contributed by atoms with Crippen LogP contribution in [0.5, 0.6) is 17.4 Å². The van der Waals surface area contributed by atoms with Crippen molar-refractivity contribution in [1.29, 1.82) is 0 Å². The van der Waals surface area contributed by atoms with Crippen molar-refractivity contribution in [2.24, 2.45) is 0 Å². The van der Waals surface area contributed by atoms with E-state index in [2.05, 4.69) is 19.1 Å². The number of nitrogens with zero attached hydrogens (tertiary/aromatic N) is 3. The molecule has 0 unspecified atom stereocenters. The van der Waals surface area contributed by atoms with Gasteiger partial charge in [-0.3, -0.25) is 0 Å². The zero-order valence-electron chi connectivity index (χ0n) is 17.4. The summed E-state index contributed by atoms with van der Waals surface area (Å²) in [6, 6.07) is 18.0. The first-order chi connectivity index (χ1) is 14.6. The molecule has 0 amide bonds. The van der Waals surface area contributed by atoms with Gasteiger partial charge in [-0.25, -0.2) is 4.98 Å². The highest BCUT2D eigenvalue weighted by Crippen LogP contribution is 2.35. The fraction of sp³-hybridized carbons (Fsp3) is 0.217. The van der Waals surface area contributed by atoms with Crippen LogP contribution in [0.2, 0.25) is 0 Å². The number of rotatable bonds is 7. The molecule has 4 aromatic rings. The highest BCUT2D eigenvalue weighted by Gasteiger charge is 2.17. The van der Waals surface area contributed by atoms with E-state index in [-0.39, 0.29) is 0 Å². The lowest BCUT2D eigenvalue weighted by Gasteiger charge is -2.12. The van der Waals surface area contributed by atoms with E-state index in [0.29, 0.717) is 11.6 Å². The molecule has 2 aromatic heterocycles. The number of hydrogen-bond donors (Lipinski definition) is 0. The second-order valence-corrected chi connectivity index (χ2v) is 7.71. The Morgan fingerprint density at radius 1 is 0.900 bits per heavy atom. The topological polar surface area (TPSA) is 57.9 Å². The second kappa shape index (κ2) is 8.67. The molecule has 154 valence electrons. The Labute approximate surface area is 179 Å². The highest BCUT2D eigenvalue weighted by molar-refractivity contribution is 7.98. The Morgan fingerprint density at radius 3 is 2.40 bits per heavy atom. The summed E-state index contributed by atoms with van der Waals surface area (Å²) in [5, 5.41) is 5.60. The minimum Gasteiger partial charge on any atom is -0.493 e. The third-order valence-corrected chi connectivity index (χ3v) is 5.76. The molecule has 0 aliphatic carbocycles. The average molecular weight is 422 g/mol. The monoisotopic (exact) mass is 421 g/mol. The van der Waals surface area contributed by atoms with E-state index in [1.54, 1.807) is 37.6 Å². The number of thioether (sulfide) groups is 1. The van der Waals surface area contributed by atoms with Crippen LogP contribution in [-0.2, 0) is 5.75 Å². The van der Waals surface area contributed by atoms with Gasteiger partial charge in [0.2, 0.25) is 5.88 Å². The van der Waals surface area contributed by atoms with E-state index in [9.17, 15) is 0 Å². The summed E-state index contributed by atoms with van der Waals surface area (Å²) in [4.78, 5) is 4.72. The molecule has 0 bridgehead atoms. The van der Waals surface area contributed by atoms with Gasteiger partial charge in [0.1, 0.15) is 10.7 Å². The number of fused-ring (bicyclic) bond motifs is 1. The first-order valence-corrected chi connectivity index (χ1v) is 10.5. The molecule has 0 atom stereocenters. The molecule has 0 N–H and O–H groups in total. The number of aryl methyl sites for hydroxylation is 1. The number of methoxy groups -OCH3 is 3. The molecule has 4 rings (SSSR count).